The van der Waals surface area contributed by atoms with Gasteiger partial charge in [0.05, 0.1) is 39.6 Å². The molecule has 0 spiro atoms. The van der Waals surface area contributed by atoms with Crippen LogP contribution in [0.15, 0.2) is 78.9 Å². The summed E-state index contributed by atoms with van der Waals surface area (Å²) in [6.45, 7) is -3.79. The molecular formula is C63H78O36. The number of methoxy groups -OCH3 is 2. The quantitative estimate of drug-likeness (QED) is 0.0195. The van der Waals surface area contributed by atoms with Crippen molar-refractivity contribution >= 4 is 48.0 Å². The number of ether oxygens (including phenoxy) is 17. The van der Waals surface area contributed by atoms with E-state index in [1.165, 1.54) is 81.0 Å². The van der Waals surface area contributed by atoms with Crippen molar-refractivity contribution in [2.75, 3.05) is 53.9 Å². The maximum atomic E-state index is 14.6. The van der Waals surface area contributed by atoms with Crippen molar-refractivity contribution in [2.24, 2.45) is 0 Å². The number of aliphatic hydroxyl groups excluding tert-OH is 11. The average Bonchev–Trinajstić information content (AvgIpc) is 1.71. The molecule has 13 N–H and O–H groups in total. The fourth-order valence-corrected chi connectivity index (χ4v) is 11.1. The van der Waals surface area contributed by atoms with Crippen molar-refractivity contribution in [3.05, 3.63) is 95.6 Å². The molecule has 5 saturated heterocycles. The molecule has 5 aliphatic heterocycles. The van der Waals surface area contributed by atoms with Gasteiger partial charge in [-0.3, -0.25) is 14.4 Å². The molecule has 36 heteroatoms. The lowest BCUT2D eigenvalue weighted by molar-refractivity contribution is -0.423. The van der Waals surface area contributed by atoms with Crippen LogP contribution in [0.5, 0.6) is 23.0 Å². The Bertz CT molecular complexity index is 3270. The summed E-state index contributed by atoms with van der Waals surface area (Å²) in [5.41, 5.74) is 0.278. The van der Waals surface area contributed by atoms with Crippen LogP contribution in [0.25, 0.3) is 12.2 Å². The van der Waals surface area contributed by atoms with Gasteiger partial charge >= 0.3 is 35.8 Å². The Morgan fingerprint density at radius 1 is 0.465 bits per heavy atom. The number of carbonyl (C=O) groups is 6. The molecule has 5 fully saturated rings. The molecule has 0 saturated carbocycles. The highest BCUT2D eigenvalue weighted by Crippen LogP contribution is 2.43. The van der Waals surface area contributed by atoms with Crippen LogP contribution in [-0.2, 0) is 95.0 Å². The second kappa shape index (κ2) is 34.6. The van der Waals surface area contributed by atoms with E-state index >= 15 is 0 Å². The smallest absolute Gasteiger partial charge is 0.338 e. The van der Waals surface area contributed by atoms with Gasteiger partial charge in [0.25, 0.3) is 0 Å². The average molecular weight is 1410 g/mol. The number of hydrogen-bond acceptors (Lipinski definition) is 36. The number of benzene rings is 3. The van der Waals surface area contributed by atoms with Gasteiger partial charge in [-0.25, -0.2) is 14.4 Å². The number of hydrogen-bond donors (Lipinski definition) is 13. The minimum Gasteiger partial charge on any atom is -0.504 e. The Morgan fingerprint density at radius 2 is 0.929 bits per heavy atom. The first kappa shape index (κ1) is 77.1. The molecule has 3 aromatic rings. The molecule has 0 radical (unpaired) electrons. The van der Waals surface area contributed by atoms with Gasteiger partial charge in [-0.15, -0.1) is 0 Å². The zero-order chi connectivity index (χ0) is 72.2. The van der Waals surface area contributed by atoms with Crippen molar-refractivity contribution < 1.29 is 176 Å². The Kier molecular flexibility index (Phi) is 27.0. The Morgan fingerprint density at radius 3 is 1.42 bits per heavy atom. The second-order valence-electron chi connectivity index (χ2n) is 22.9. The molecule has 546 valence electrons. The van der Waals surface area contributed by atoms with E-state index < -0.39 is 222 Å². The summed E-state index contributed by atoms with van der Waals surface area (Å²) in [4.78, 5) is 81.2. The fraction of sp³-hybridized carbons (Fsp3) is 0.556. The Labute approximate surface area is 562 Å². The molecule has 5 heterocycles. The number of carbonyl (C=O) groups excluding carboxylic acids is 6. The normalized spacial score (nSPS) is 34.6. The van der Waals surface area contributed by atoms with Gasteiger partial charge in [0, 0.05) is 32.9 Å². The van der Waals surface area contributed by atoms with Gasteiger partial charge in [0.1, 0.15) is 117 Å². The summed E-state index contributed by atoms with van der Waals surface area (Å²) in [5, 5.41) is 144. The lowest BCUT2D eigenvalue weighted by atomic mass is 9.95. The summed E-state index contributed by atoms with van der Waals surface area (Å²) in [5.74, 6) is -10.7. The first-order valence-electron chi connectivity index (χ1n) is 30.5. The van der Waals surface area contributed by atoms with Crippen molar-refractivity contribution in [1.29, 1.82) is 0 Å². The molecule has 0 bridgehead atoms. The molecule has 0 amide bonds. The van der Waals surface area contributed by atoms with E-state index in [9.17, 15) is 95.2 Å². The fourth-order valence-electron chi connectivity index (χ4n) is 11.1. The summed E-state index contributed by atoms with van der Waals surface area (Å²) in [6, 6.07) is 14.8. The Balaban J connectivity index is 1.33. The monoisotopic (exact) mass is 1410 g/mol. The van der Waals surface area contributed by atoms with Crippen LogP contribution < -0.4 is 9.47 Å². The van der Waals surface area contributed by atoms with Crippen LogP contribution in [-0.4, -0.2) is 303 Å². The summed E-state index contributed by atoms with van der Waals surface area (Å²) < 4.78 is 101. The third-order valence-corrected chi connectivity index (χ3v) is 16.1. The molecule has 0 aliphatic carbocycles. The summed E-state index contributed by atoms with van der Waals surface area (Å²) >= 11 is 0. The minimum absolute atomic E-state index is 0.00557. The maximum absolute atomic E-state index is 14.6. The van der Waals surface area contributed by atoms with Crippen LogP contribution >= 0.6 is 0 Å². The number of rotatable bonds is 27. The van der Waals surface area contributed by atoms with Crippen LogP contribution in [0.3, 0.4) is 0 Å². The van der Waals surface area contributed by atoms with Gasteiger partial charge in [-0.1, -0.05) is 30.3 Å². The molecule has 0 aromatic heterocycles. The zero-order valence-electron chi connectivity index (χ0n) is 53.4. The molecule has 24 atom stereocenters. The number of aromatic hydroxyl groups is 2. The standard InChI is InChI=1S/C63H78O36/c1-27(67)85-24-40-52(88-29(3)69)54(94-59-49(79)47(77)44(74)37(21-64)89-59)51(81)61(91-40)95-55-53(93-43(73)18-14-31-12-16-34(71)36(20-31)84-5)41(25-86-28(2)68)92-62(56(55)96-60-50(80)48(78)45(75)38(22-65)90-60)99-63(26-87-42(72)17-13-30-11-15-33(70)35(19-30)83-4)57(46(76)39(23-66)98-63)97-58(82)32-9-7-6-8-10-32/h6-20,37-41,44-57,59-62,64-66,70-71,74-81H,21-26H2,1-5H3/b17-13+,18-14+/t37-,38-,39+,40-,41+,44+,45+,46+,47-,48-,49+,50+,51+,52+,53+,54+,55-,56+,57-,59-,60-,61-,62+,63+/m0/s1. The van der Waals surface area contributed by atoms with Crippen molar-refractivity contribution in [3.63, 3.8) is 0 Å². The topological polar surface area (TPSA) is 522 Å². The van der Waals surface area contributed by atoms with Crippen LogP contribution in [0.2, 0.25) is 0 Å². The second-order valence-corrected chi connectivity index (χ2v) is 22.9. The Hall–Kier alpha value is -7.64. The highest BCUT2D eigenvalue weighted by molar-refractivity contribution is 5.90. The number of aliphatic hydroxyl groups is 11. The van der Waals surface area contributed by atoms with E-state index in [-0.39, 0.29) is 39.7 Å². The van der Waals surface area contributed by atoms with E-state index in [4.69, 9.17) is 80.5 Å². The summed E-state index contributed by atoms with van der Waals surface area (Å²) in [6.07, 6.45) is -46.5. The molecule has 3 aromatic carbocycles. The molecule has 99 heavy (non-hydrogen) atoms. The highest BCUT2D eigenvalue weighted by Gasteiger charge is 2.65. The van der Waals surface area contributed by atoms with E-state index in [2.05, 4.69) is 0 Å². The predicted molar refractivity (Wildman–Crippen MR) is 320 cm³/mol. The lowest BCUT2D eigenvalue weighted by Crippen LogP contribution is -2.70. The third-order valence-electron chi connectivity index (χ3n) is 16.1. The highest BCUT2D eigenvalue weighted by atomic mass is 16.8. The van der Waals surface area contributed by atoms with Gasteiger partial charge in [-0.2, -0.15) is 0 Å². The van der Waals surface area contributed by atoms with E-state index in [1.54, 1.807) is 6.07 Å². The molecule has 36 nitrogen and oxygen atoms in total. The lowest BCUT2D eigenvalue weighted by Gasteiger charge is -2.51. The van der Waals surface area contributed by atoms with Gasteiger partial charge < -0.3 is 147 Å². The van der Waals surface area contributed by atoms with Gasteiger partial charge in [0.2, 0.25) is 5.79 Å². The number of phenols is 2. The van der Waals surface area contributed by atoms with Crippen LogP contribution in [0, 0.1) is 0 Å². The van der Waals surface area contributed by atoms with Crippen molar-refractivity contribution in [3.8, 4) is 23.0 Å². The number of phenolic OH excluding ortho intramolecular Hbond substituents is 2. The first-order chi connectivity index (χ1) is 47.1. The van der Waals surface area contributed by atoms with E-state index in [1.807, 2.05) is 0 Å². The van der Waals surface area contributed by atoms with Gasteiger partial charge in [0.15, 0.2) is 66.5 Å². The maximum Gasteiger partial charge on any atom is 0.338 e. The van der Waals surface area contributed by atoms with Crippen LogP contribution in [0.1, 0.15) is 42.3 Å². The van der Waals surface area contributed by atoms with Gasteiger partial charge in [-0.05, 0) is 59.7 Å². The third kappa shape index (κ3) is 18.7. The zero-order valence-corrected chi connectivity index (χ0v) is 53.4. The van der Waals surface area contributed by atoms with Crippen molar-refractivity contribution in [1.82, 2.24) is 0 Å². The first-order valence-corrected chi connectivity index (χ1v) is 30.5. The minimum atomic E-state index is -3.06. The molecule has 5 aliphatic rings. The van der Waals surface area contributed by atoms with E-state index in [0.717, 1.165) is 39.0 Å². The largest absolute Gasteiger partial charge is 0.504 e. The molecule has 0 unspecified atom stereocenters. The van der Waals surface area contributed by atoms with E-state index in [0.29, 0.717) is 0 Å². The van der Waals surface area contributed by atoms with Crippen molar-refractivity contribution in [2.45, 2.75) is 168 Å². The predicted octanol–water partition coefficient (Wildman–Crippen LogP) is -4.39. The SMILES string of the molecule is COc1cc(/C=C/C(=O)OC[C@]2(O[C@H]3O[C@H](COC(C)=O)[C@@H](OC(=O)/C=C/c4ccc(O)c(OC)c4)[C@H](O[C@@H]4O[C@@H](COC(C)=O)[C@@H](OC(C)=O)[C@H](O[C@@H]5O[C@@H](CO)[C@@H](O)[C@H](O)[C@H]5O)[C@H]4O)[C@H]3O[C@@H]3O[C@@H](CO)[C@@H](O)[C@H](O)[C@H]3O)O[C@H](CO)[C@@H](O)[C@@H]2OC(=O)c2ccccc2)ccc1O. The number of esters is 6. The molecular weight excluding hydrogens is 1330 g/mol. The summed E-state index contributed by atoms with van der Waals surface area (Å²) in [7, 11) is 2.50. The molecule has 8 rings (SSSR count). The van der Waals surface area contributed by atoms with Crippen LogP contribution in [0.4, 0.5) is 0 Å².